The molecule has 2 amide bonds. The summed E-state index contributed by atoms with van der Waals surface area (Å²) < 4.78 is 0. The lowest BCUT2D eigenvalue weighted by Crippen LogP contribution is -2.28. The van der Waals surface area contributed by atoms with Crippen molar-refractivity contribution in [3.8, 4) is 0 Å². The fourth-order valence-corrected chi connectivity index (χ4v) is 3.48. The summed E-state index contributed by atoms with van der Waals surface area (Å²) in [5, 5.41) is 3.64. The molecule has 0 saturated carbocycles. The summed E-state index contributed by atoms with van der Waals surface area (Å²) >= 11 is 6.19. The molecule has 0 bridgehead atoms. The van der Waals surface area contributed by atoms with E-state index in [1.54, 1.807) is 4.90 Å². The second kappa shape index (κ2) is 7.92. The molecule has 1 aliphatic heterocycles. The second-order valence-electron chi connectivity index (χ2n) is 7.00. The molecule has 1 N–H and O–H groups in total. The number of nitrogens with one attached hydrogen (secondary N) is 1. The maximum absolute atomic E-state index is 12.7. The van der Waals surface area contributed by atoms with Crippen molar-refractivity contribution in [2.24, 2.45) is 5.92 Å². The van der Waals surface area contributed by atoms with Crippen LogP contribution in [0.2, 0.25) is 5.02 Å². The number of anilines is 1. The molecule has 1 fully saturated rings. The van der Waals surface area contributed by atoms with Gasteiger partial charge in [0.2, 0.25) is 11.8 Å². The van der Waals surface area contributed by atoms with Gasteiger partial charge in [0, 0.05) is 30.2 Å². The number of hydrogen-bond donors (Lipinski definition) is 1. The van der Waals surface area contributed by atoms with Gasteiger partial charge in [-0.25, -0.2) is 0 Å². The predicted molar refractivity (Wildman–Crippen MR) is 104 cm³/mol. The number of amides is 2. The van der Waals surface area contributed by atoms with Crippen molar-refractivity contribution < 1.29 is 9.59 Å². The van der Waals surface area contributed by atoms with Crippen molar-refractivity contribution in [3.63, 3.8) is 0 Å². The highest BCUT2D eigenvalue weighted by molar-refractivity contribution is 6.31. The minimum absolute atomic E-state index is 0.0118. The molecule has 1 heterocycles. The number of benzene rings is 2. The maximum Gasteiger partial charge on any atom is 0.229 e. The molecule has 1 aliphatic rings. The van der Waals surface area contributed by atoms with Gasteiger partial charge in [-0.2, -0.15) is 0 Å². The van der Waals surface area contributed by atoms with Crippen LogP contribution in [-0.4, -0.2) is 23.3 Å². The molecule has 1 saturated heterocycles. The van der Waals surface area contributed by atoms with Crippen LogP contribution >= 0.6 is 11.6 Å². The SMILES string of the molecule is CC(C)c1ccccc1NC(=O)C1CC(=O)N(Cc2ccccc2Cl)C1. The van der Waals surface area contributed by atoms with E-state index in [1.807, 2.05) is 48.5 Å². The highest BCUT2D eigenvalue weighted by Crippen LogP contribution is 2.27. The first-order valence-electron chi connectivity index (χ1n) is 8.86. The van der Waals surface area contributed by atoms with E-state index in [0.29, 0.717) is 24.0 Å². The number of hydrogen-bond acceptors (Lipinski definition) is 2. The average Bonchev–Trinajstić information content (AvgIpc) is 2.98. The van der Waals surface area contributed by atoms with Gasteiger partial charge >= 0.3 is 0 Å². The first kappa shape index (κ1) is 18.5. The summed E-state index contributed by atoms with van der Waals surface area (Å²) in [7, 11) is 0. The Morgan fingerprint density at radius 3 is 2.62 bits per heavy atom. The number of rotatable bonds is 5. The number of carbonyl (C=O) groups is 2. The summed E-state index contributed by atoms with van der Waals surface area (Å²) in [5.41, 5.74) is 2.82. The fourth-order valence-electron chi connectivity index (χ4n) is 3.28. The number of nitrogens with zero attached hydrogens (tertiary/aromatic N) is 1. The van der Waals surface area contributed by atoms with E-state index in [0.717, 1.165) is 16.8 Å². The Labute approximate surface area is 159 Å². The molecule has 5 heteroatoms. The Hall–Kier alpha value is -2.33. The van der Waals surface area contributed by atoms with Crippen LogP contribution < -0.4 is 5.32 Å². The predicted octanol–water partition coefficient (Wildman–Crippen LogP) is 4.45. The molecule has 136 valence electrons. The average molecular weight is 371 g/mol. The Balaban J connectivity index is 1.67. The van der Waals surface area contributed by atoms with Gasteiger partial charge in [0.1, 0.15) is 0 Å². The molecule has 0 radical (unpaired) electrons. The molecule has 3 rings (SSSR count). The van der Waals surface area contributed by atoms with Crippen LogP contribution in [-0.2, 0) is 16.1 Å². The van der Waals surface area contributed by atoms with Crippen molar-refractivity contribution in [1.82, 2.24) is 4.90 Å². The van der Waals surface area contributed by atoms with Crippen molar-refractivity contribution in [2.75, 3.05) is 11.9 Å². The van der Waals surface area contributed by atoms with E-state index in [-0.39, 0.29) is 24.2 Å². The second-order valence-corrected chi connectivity index (χ2v) is 7.41. The zero-order chi connectivity index (χ0) is 18.7. The van der Waals surface area contributed by atoms with Crippen LogP contribution in [0.1, 0.15) is 37.3 Å². The zero-order valence-electron chi connectivity index (χ0n) is 15.0. The van der Waals surface area contributed by atoms with E-state index in [4.69, 9.17) is 11.6 Å². The van der Waals surface area contributed by atoms with E-state index in [9.17, 15) is 9.59 Å². The van der Waals surface area contributed by atoms with E-state index >= 15 is 0 Å². The Morgan fingerprint density at radius 2 is 1.88 bits per heavy atom. The lowest BCUT2D eigenvalue weighted by Gasteiger charge is -2.18. The molecule has 1 unspecified atom stereocenters. The lowest BCUT2D eigenvalue weighted by atomic mass is 10.0. The minimum atomic E-state index is -0.342. The quantitative estimate of drug-likeness (QED) is 0.845. The standard InChI is InChI=1S/C21H23ClN2O2/c1-14(2)17-8-4-6-10-19(17)23-21(26)16-11-20(25)24(13-16)12-15-7-3-5-9-18(15)22/h3-10,14,16H,11-13H2,1-2H3,(H,23,26). The topological polar surface area (TPSA) is 49.4 Å². The summed E-state index contributed by atoms with van der Waals surface area (Å²) in [6, 6.07) is 15.3. The van der Waals surface area contributed by atoms with E-state index < -0.39 is 0 Å². The normalized spacial score (nSPS) is 17.0. The van der Waals surface area contributed by atoms with Gasteiger partial charge in [-0.05, 0) is 29.2 Å². The summed E-state index contributed by atoms with van der Waals surface area (Å²) in [4.78, 5) is 26.7. The largest absolute Gasteiger partial charge is 0.337 e. The van der Waals surface area contributed by atoms with Gasteiger partial charge in [0.15, 0.2) is 0 Å². The first-order valence-corrected chi connectivity index (χ1v) is 9.24. The van der Waals surface area contributed by atoms with Gasteiger partial charge in [0.25, 0.3) is 0 Å². The molecule has 2 aromatic carbocycles. The maximum atomic E-state index is 12.7. The molecule has 2 aromatic rings. The van der Waals surface area contributed by atoms with Crippen LogP contribution in [0.5, 0.6) is 0 Å². The monoisotopic (exact) mass is 370 g/mol. The summed E-state index contributed by atoms with van der Waals surface area (Å²) in [6.07, 6.45) is 0.236. The fraction of sp³-hybridized carbons (Fsp3) is 0.333. The number of likely N-dealkylation sites (tertiary alicyclic amines) is 1. The van der Waals surface area contributed by atoms with E-state index in [2.05, 4.69) is 19.2 Å². The molecule has 0 aromatic heterocycles. The third kappa shape index (κ3) is 4.07. The molecule has 26 heavy (non-hydrogen) atoms. The van der Waals surface area contributed by atoms with E-state index in [1.165, 1.54) is 0 Å². The van der Waals surface area contributed by atoms with Crippen molar-refractivity contribution in [1.29, 1.82) is 0 Å². The highest BCUT2D eigenvalue weighted by Gasteiger charge is 2.34. The van der Waals surface area contributed by atoms with Crippen LogP contribution in [0.25, 0.3) is 0 Å². The van der Waals surface area contributed by atoms with Gasteiger partial charge in [-0.1, -0.05) is 61.8 Å². The molecular weight excluding hydrogens is 348 g/mol. The summed E-state index contributed by atoms with van der Waals surface area (Å²) in [5.74, 6) is -0.144. The Kier molecular flexibility index (Phi) is 5.62. The van der Waals surface area contributed by atoms with Crippen LogP contribution in [0.15, 0.2) is 48.5 Å². The first-order chi connectivity index (χ1) is 12.5. The zero-order valence-corrected chi connectivity index (χ0v) is 15.8. The van der Waals surface area contributed by atoms with Crippen molar-refractivity contribution in [3.05, 3.63) is 64.7 Å². The number of halogens is 1. The molecular formula is C21H23ClN2O2. The molecule has 4 nitrogen and oxygen atoms in total. The van der Waals surface area contributed by atoms with Gasteiger partial charge in [-0.3, -0.25) is 9.59 Å². The Bertz CT molecular complexity index is 819. The third-order valence-corrected chi connectivity index (χ3v) is 5.11. The van der Waals surface area contributed by atoms with Crippen LogP contribution in [0.4, 0.5) is 5.69 Å². The van der Waals surface area contributed by atoms with Crippen LogP contribution in [0, 0.1) is 5.92 Å². The van der Waals surface area contributed by atoms with Gasteiger partial charge in [-0.15, -0.1) is 0 Å². The minimum Gasteiger partial charge on any atom is -0.337 e. The highest BCUT2D eigenvalue weighted by atomic mass is 35.5. The smallest absolute Gasteiger partial charge is 0.229 e. The van der Waals surface area contributed by atoms with Gasteiger partial charge < -0.3 is 10.2 Å². The Morgan fingerprint density at radius 1 is 1.19 bits per heavy atom. The number of para-hydroxylation sites is 1. The van der Waals surface area contributed by atoms with Crippen molar-refractivity contribution >= 4 is 29.1 Å². The molecule has 1 atom stereocenters. The third-order valence-electron chi connectivity index (χ3n) is 4.75. The number of carbonyl (C=O) groups excluding carboxylic acids is 2. The lowest BCUT2D eigenvalue weighted by molar-refractivity contribution is -0.128. The molecule has 0 aliphatic carbocycles. The van der Waals surface area contributed by atoms with Crippen LogP contribution in [0.3, 0.4) is 0 Å². The van der Waals surface area contributed by atoms with Gasteiger partial charge in [0.05, 0.1) is 5.92 Å². The summed E-state index contributed by atoms with van der Waals surface area (Å²) in [6.45, 7) is 5.04. The van der Waals surface area contributed by atoms with Crippen molar-refractivity contribution in [2.45, 2.75) is 32.7 Å². The molecule has 0 spiro atoms.